The zero-order valence-corrected chi connectivity index (χ0v) is 3.18. The Morgan fingerprint density at radius 2 is 2.00 bits per heavy atom. The van der Waals surface area contributed by atoms with Crippen molar-refractivity contribution in [1.82, 2.24) is 0 Å². The first-order chi connectivity index (χ1) is 1.73. The molecule has 0 rings (SSSR count). The highest BCUT2D eigenvalue weighted by atomic mass is 32.1. The zero-order chi connectivity index (χ0) is 3.58. The molecule has 2 heteroatoms. The van der Waals surface area contributed by atoms with Gasteiger partial charge in [0.2, 0.25) is 0 Å². The highest BCUT2D eigenvalue weighted by Crippen LogP contribution is 1.88. The molecule has 0 fully saturated rings. The van der Waals surface area contributed by atoms with E-state index in [1.54, 1.807) is 0 Å². The fourth-order valence-electron chi connectivity index (χ4n) is 0. The van der Waals surface area contributed by atoms with Gasteiger partial charge in [0, 0.05) is 0 Å². The minimum atomic E-state index is -1.08. The molecule has 1 atom stereocenters. The van der Waals surface area contributed by atoms with Crippen molar-refractivity contribution in [3.8, 4) is 0 Å². The average Bonchev–Trinajstić information content (AvgIpc) is 0.811. The van der Waals surface area contributed by atoms with E-state index in [0.29, 0.717) is 0 Å². The molecule has 0 aliphatic rings. The predicted molar refractivity (Wildman–Crippen MR) is 18.2 cm³/mol. The molecule has 0 nitrogen and oxygen atoms in total. The van der Waals surface area contributed by atoms with E-state index in [4.69, 9.17) is 0 Å². The Morgan fingerprint density at radius 1 is 2.00 bits per heavy atom. The van der Waals surface area contributed by atoms with E-state index < -0.39 is 5.50 Å². The van der Waals surface area contributed by atoms with Gasteiger partial charge in [-0.1, -0.05) is 12.6 Å². The van der Waals surface area contributed by atoms with E-state index in [0.717, 1.165) is 0 Å². The Hall–Kier alpha value is 0.280. The third kappa shape index (κ3) is 47.6. The molecule has 0 aromatic carbocycles. The minimum Gasteiger partial charge on any atom is -0.235 e. The standard InChI is InChI=1S/C2H4FS/c1-2(3)4/h2H,1H3. The molecule has 4 heavy (non-hydrogen) atoms. The van der Waals surface area contributed by atoms with Crippen LogP contribution in [0.2, 0.25) is 0 Å². The fraction of sp³-hybridized carbons (Fsp3) is 1.00. The van der Waals surface area contributed by atoms with Crippen LogP contribution in [-0.2, 0) is 0 Å². The smallest absolute Gasteiger partial charge is 0.153 e. The quantitative estimate of drug-likeness (QED) is 0.412. The maximum absolute atomic E-state index is 10.8. The van der Waals surface area contributed by atoms with Crippen molar-refractivity contribution in [3.05, 3.63) is 0 Å². The van der Waals surface area contributed by atoms with Crippen LogP contribution < -0.4 is 0 Å². The van der Waals surface area contributed by atoms with Crippen LogP contribution in [0.1, 0.15) is 6.92 Å². The van der Waals surface area contributed by atoms with Crippen LogP contribution in [0.5, 0.6) is 0 Å². The van der Waals surface area contributed by atoms with Crippen molar-refractivity contribution in [2.24, 2.45) is 0 Å². The summed E-state index contributed by atoms with van der Waals surface area (Å²) < 4.78 is 10.8. The van der Waals surface area contributed by atoms with Crippen molar-refractivity contribution in [2.75, 3.05) is 0 Å². The number of halogens is 1. The van der Waals surface area contributed by atoms with Crippen molar-refractivity contribution >= 4 is 12.6 Å². The summed E-state index contributed by atoms with van der Waals surface area (Å²) in [5, 5.41) is 0. The summed E-state index contributed by atoms with van der Waals surface area (Å²) in [4.78, 5) is 0. The maximum Gasteiger partial charge on any atom is 0.153 e. The molecule has 0 aromatic rings. The van der Waals surface area contributed by atoms with Gasteiger partial charge in [-0.3, -0.25) is 0 Å². The third-order valence-corrected chi connectivity index (χ3v) is 0. The SMILES string of the molecule is CC(F)[S]. The van der Waals surface area contributed by atoms with E-state index >= 15 is 0 Å². The Balaban J connectivity index is 2.32. The van der Waals surface area contributed by atoms with Gasteiger partial charge in [-0.2, -0.15) is 0 Å². The van der Waals surface area contributed by atoms with Crippen LogP contribution in [0, 0.1) is 0 Å². The van der Waals surface area contributed by atoms with Crippen molar-refractivity contribution in [3.63, 3.8) is 0 Å². The van der Waals surface area contributed by atoms with Crippen molar-refractivity contribution in [1.29, 1.82) is 0 Å². The van der Waals surface area contributed by atoms with Gasteiger partial charge in [0.05, 0.1) is 0 Å². The highest BCUT2D eigenvalue weighted by Gasteiger charge is 1.76. The second-order valence-electron chi connectivity index (χ2n) is 0.543. The van der Waals surface area contributed by atoms with Crippen LogP contribution >= 0.6 is 12.6 Å². The monoisotopic (exact) mass is 79.0 g/mol. The molecule has 0 amide bonds. The Bertz CT molecular complexity index is 10.8. The van der Waals surface area contributed by atoms with E-state index in [-0.39, 0.29) is 0 Å². The average molecular weight is 79.1 g/mol. The topological polar surface area (TPSA) is 0 Å². The normalized spacial score (nSPS) is 15.8. The molecule has 0 aliphatic carbocycles. The molecule has 1 unspecified atom stereocenters. The predicted octanol–water partition coefficient (Wildman–Crippen LogP) is 1.50. The number of hydrogen-bond donors (Lipinski definition) is 0. The second kappa shape index (κ2) is 1.58. The Morgan fingerprint density at radius 3 is 2.00 bits per heavy atom. The van der Waals surface area contributed by atoms with Gasteiger partial charge in [0.15, 0.2) is 5.50 Å². The lowest BCUT2D eigenvalue weighted by Crippen LogP contribution is -1.67. The van der Waals surface area contributed by atoms with Crippen LogP contribution in [0.3, 0.4) is 0 Å². The van der Waals surface area contributed by atoms with Crippen molar-refractivity contribution in [2.45, 2.75) is 12.4 Å². The van der Waals surface area contributed by atoms with Gasteiger partial charge in [0.25, 0.3) is 0 Å². The molecule has 0 saturated carbocycles. The lowest BCUT2D eigenvalue weighted by atomic mass is 10.9. The van der Waals surface area contributed by atoms with Gasteiger partial charge in [-0.05, 0) is 6.92 Å². The molecule has 0 saturated heterocycles. The zero-order valence-electron chi connectivity index (χ0n) is 2.36. The molecule has 0 heterocycles. The van der Waals surface area contributed by atoms with Crippen LogP contribution in [-0.4, -0.2) is 5.50 Å². The summed E-state index contributed by atoms with van der Waals surface area (Å²) in [7, 11) is 0. The minimum absolute atomic E-state index is 1.08. The second-order valence-corrected chi connectivity index (χ2v) is 1.19. The Kier molecular flexibility index (Phi) is 1.70. The van der Waals surface area contributed by atoms with Crippen LogP contribution in [0.15, 0.2) is 0 Å². The molecule has 1 radical (unpaired) electrons. The van der Waals surface area contributed by atoms with Gasteiger partial charge >= 0.3 is 0 Å². The first kappa shape index (κ1) is 4.28. The van der Waals surface area contributed by atoms with Gasteiger partial charge in [0.1, 0.15) is 0 Å². The van der Waals surface area contributed by atoms with E-state index in [2.05, 4.69) is 12.6 Å². The third-order valence-electron chi connectivity index (χ3n) is 0. The fourth-order valence-corrected chi connectivity index (χ4v) is 0. The first-order valence-electron chi connectivity index (χ1n) is 1.03. The van der Waals surface area contributed by atoms with Crippen LogP contribution in [0.4, 0.5) is 4.39 Å². The highest BCUT2D eigenvalue weighted by molar-refractivity contribution is 7.80. The molecule has 25 valence electrons. The van der Waals surface area contributed by atoms with E-state index in [1.165, 1.54) is 6.92 Å². The molecule has 0 spiro atoms. The van der Waals surface area contributed by atoms with E-state index in [9.17, 15) is 4.39 Å². The van der Waals surface area contributed by atoms with Crippen molar-refractivity contribution < 1.29 is 4.39 Å². The lowest BCUT2D eigenvalue weighted by Gasteiger charge is -1.71. The molecule has 0 bridgehead atoms. The number of hydrogen-bond acceptors (Lipinski definition) is 0. The summed E-state index contributed by atoms with van der Waals surface area (Å²) in [5.74, 6) is 0. The Labute approximate surface area is 30.4 Å². The molecule has 0 aromatic heterocycles. The van der Waals surface area contributed by atoms with E-state index in [1.807, 2.05) is 0 Å². The summed E-state index contributed by atoms with van der Waals surface area (Å²) in [6.45, 7) is 1.31. The summed E-state index contributed by atoms with van der Waals surface area (Å²) >= 11 is 3.95. The molecular formula is C2H4FS. The summed E-state index contributed by atoms with van der Waals surface area (Å²) in [6, 6.07) is 0. The van der Waals surface area contributed by atoms with Crippen LogP contribution in [0.25, 0.3) is 0 Å². The maximum atomic E-state index is 10.8. The largest absolute Gasteiger partial charge is 0.235 e. The number of alkyl halides is 1. The lowest BCUT2D eigenvalue weighted by molar-refractivity contribution is 0.487. The summed E-state index contributed by atoms with van der Waals surface area (Å²) in [6.07, 6.45) is 0. The molecule has 0 N–H and O–H groups in total. The van der Waals surface area contributed by atoms with Gasteiger partial charge in [-0.15, -0.1) is 0 Å². The van der Waals surface area contributed by atoms with Gasteiger partial charge < -0.3 is 0 Å². The molecule has 0 aliphatic heterocycles. The van der Waals surface area contributed by atoms with Gasteiger partial charge in [-0.25, -0.2) is 4.39 Å². The number of rotatable bonds is 0. The first-order valence-corrected chi connectivity index (χ1v) is 1.50. The summed E-state index contributed by atoms with van der Waals surface area (Å²) in [5.41, 5.74) is -1.08. The molecular weight excluding hydrogens is 75.1 g/mol.